The van der Waals surface area contributed by atoms with Crippen LogP contribution in [0.5, 0.6) is 0 Å². The van der Waals surface area contributed by atoms with Gasteiger partial charge < -0.3 is 20.7 Å². The topological polar surface area (TPSA) is 116 Å². The number of rotatable bonds is 4. The van der Waals surface area contributed by atoms with Crippen LogP contribution in [0.25, 0.3) is 0 Å². The number of amides is 2. The Labute approximate surface area is 180 Å². The van der Waals surface area contributed by atoms with Gasteiger partial charge in [0.05, 0.1) is 24.6 Å². The van der Waals surface area contributed by atoms with Crippen molar-refractivity contribution in [2.24, 2.45) is 15.8 Å². The van der Waals surface area contributed by atoms with Gasteiger partial charge in [-0.25, -0.2) is 15.2 Å². The van der Waals surface area contributed by atoms with Crippen molar-refractivity contribution in [3.8, 4) is 0 Å². The maximum absolute atomic E-state index is 11.6. The van der Waals surface area contributed by atoms with Crippen molar-refractivity contribution in [3.05, 3.63) is 48.0 Å². The number of ether oxygens (including phenoxy) is 1. The largest absolute Gasteiger partial charge is 0.378 e. The fourth-order valence-electron chi connectivity index (χ4n) is 3.63. The first-order valence-corrected chi connectivity index (χ1v) is 10.1. The fourth-order valence-corrected chi connectivity index (χ4v) is 3.63. The van der Waals surface area contributed by atoms with Crippen LogP contribution in [-0.2, 0) is 4.74 Å². The Morgan fingerprint density at radius 3 is 2.61 bits per heavy atom. The molecule has 2 aromatic rings. The van der Waals surface area contributed by atoms with Crippen LogP contribution in [-0.4, -0.2) is 57.1 Å². The van der Waals surface area contributed by atoms with E-state index < -0.39 is 6.03 Å². The summed E-state index contributed by atoms with van der Waals surface area (Å²) < 4.78 is 5.39. The summed E-state index contributed by atoms with van der Waals surface area (Å²) in [5.74, 6) is 0.242. The smallest absolute Gasteiger partial charge is 0.316 e. The van der Waals surface area contributed by atoms with E-state index in [1.807, 2.05) is 56.4 Å². The Kier molecular flexibility index (Phi) is 5.53. The van der Waals surface area contributed by atoms with Crippen molar-refractivity contribution in [3.63, 3.8) is 0 Å². The van der Waals surface area contributed by atoms with Gasteiger partial charge >= 0.3 is 6.03 Å². The second-order valence-corrected chi connectivity index (χ2v) is 7.67. The first-order chi connectivity index (χ1) is 14.9. The number of nitrogens with two attached hydrogens (primary N) is 1. The van der Waals surface area contributed by atoms with Gasteiger partial charge in [-0.2, -0.15) is 0 Å². The molecule has 2 heterocycles. The van der Waals surface area contributed by atoms with E-state index in [-0.39, 0.29) is 10.4 Å². The average Bonchev–Trinajstić information content (AvgIpc) is 3.05. The van der Waals surface area contributed by atoms with Crippen molar-refractivity contribution in [1.29, 1.82) is 5.41 Å². The minimum atomic E-state index is -0.670. The molecule has 4 N–H and O–H groups in total. The maximum Gasteiger partial charge on any atom is 0.316 e. The van der Waals surface area contributed by atoms with Crippen LogP contribution in [0, 0.1) is 12.3 Å². The number of aliphatic imine (C=N–C) groups is 1. The van der Waals surface area contributed by atoms with Crippen LogP contribution in [0.3, 0.4) is 0 Å². The normalized spacial score (nSPS) is 22.2. The molecule has 31 heavy (non-hydrogen) atoms. The van der Waals surface area contributed by atoms with Gasteiger partial charge in [0.15, 0.2) is 11.4 Å². The molecule has 2 aromatic carbocycles. The summed E-state index contributed by atoms with van der Waals surface area (Å²) in [6.45, 7) is 4.88. The minimum absolute atomic E-state index is 0.0242. The van der Waals surface area contributed by atoms with E-state index >= 15 is 0 Å². The molecule has 0 aliphatic carbocycles. The Hall–Kier alpha value is -3.56. The second-order valence-electron chi connectivity index (χ2n) is 7.67. The molecule has 2 amide bonds. The lowest BCUT2D eigenvalue weighted by atomic mass is 10.2. The quantitative estimate of drug-likeness (QED) is 0.660. The monoisotopic (exact) mass is 420 g/mol. The molecule has 9 heteroatoms. The van der Waals surface area contributed by atoms with E-state index in [0.717, 1.165) is 30.0 Å². The number of benzene rings is 2. The lowest BCUT2D eigenvalue weighted by Gasteiger charge is -2.29. The van der Waals surface area contributed by atoms with Gasteiger partial charge in [-0.15, -0.1) is 4.59 Å². The maximum atomic E-state index is 11.6. The number of anilines is 2. The molecule has 0 bridgehead atoms. The number of hydrogen-bond acceptors (Lipinski definition) is 6. The van der Waals surface area contributed by atoms with E-state index in [2.05, 4.69) is 20.3 Å². The molecule has 160 valence electrons. The first kappa shape index (κ1) is 20.7. The Balaban J connectivity index is 1.66. The summed E-state index contributed by atoms with van der Waals surface area (Å²) in [5.41, 5.74) is 9.77. The lowest BCUT2D eigenvalue weighted by Crippen LogP contribution is -2.44. The zero-order chi connectivity index (χ0) is 22.0. The number of amidine groups is 1. The summed E-state index contributed by atoms with van der Waals surface area (Å²) in [4.78, 5) is 18.4. The minimum Gasteiger partial charge on any atom is -0.378 e. The zero-order valence-corrected chi connectivity index (χ0v) is 17.6. The molecule has 0 saturated carbocycles. The zero-order valence-electron chi connectivity index (χ0n) is 17.6. The highest BCUT2D eigenvalue weighted by Gasteiger charge is 2.40. The Morgan fingerprint density at radius 1 is 1.23 bits per heavy atom. The molecule has 1 fully saturated rings. The van der Waals surface area contributed by atoms with Crippen LogP contribution >= 0.6 is 0 Å². The van der Waals surface area contributed by atoms with Crippen LogP contribution < -0.4 is 20.5 Å². The van der Waals surface area contributed by atoms with Gasteiger partial charge in [-0.05, 0) is 25.1 Å². The summed E-state index contributed by atoms with van der Waals surface area (Å²) in [7, 11) is 1.84. The number of nitrogens with zero attached hydrogens (tertiary/aromatic N) is 4. The predicted molar refractivity (Wildman–Crippen MR) is 125 cm³/mol. The SMILES string of the molecule is Cc1ccc([N+]2(C)N=CC(=Nc3ccc(N4CCOCC4)cc3NC(N)=O)C2=N)cc1. The lowest BCUT2D eigenvalue weighted by molar-refractivity contribution is 0.122. The summed E-state index contributed by atoms with van der Waals surface area (Å²) in [6.07, 6.45) is 1.59. The number of morpholine rings is 1. The van der Waals surface area contributed by atoms with Crippen molar-refractivity contribution in [2.75, 3.05) is 43.6 Å². The number of carbonyl (C=O) groups excluding carboxylic acids is 1. The standard InChI is InChI=1S/C22H25N7O2/c1-15-3-6-17(7-4-15)29(2)21(23)20(14-25-29)26-18-8-5-16(13-19(18)27-22(24)30)28-9-11-31-12-10-28/h3-8,13-14H,9-12H2,1-2H3,(H3-,23,24,25,27,30)/p+1. The van der Waals surface area contributed by atoms with E-state index in [9.17, 15) is 4.79 Å². The Bertz CT molecular complexity index is 1070. The highest BCUT2D eigenvalue weighted by molar-refractivity contribution is 6.65. The summed E-state index contributed by atoms with van der Waals surface area (Å²) in [5, 5.41) is 15.9. The molecule has 1 unspecified atom stereocenters. The molecular formula is C22H26N7O2+. The highest BCUT2D eigenvalue weighted by Crippen LogP contribution is 2.32. The van der Waals surface area contributed by atoms with Gasteiger partial charge in [0, 0.05) is 30.9 Å². The number of aryl methyl sites for hydroxylation is 1. The van der Waals surface area contributed by atoms with E-state index in [0.29, 0.717) is 30.3 Å². The van der Waals surface area contributed by atoms with Crippen LogP contribution in [0.2, 0.25) is 0 Å². The Morgan fingerprint density at radius 2 is 1.94 bits per heavy atom. The molecule has 4 rings (SSSR count). The second kappa shape index (κ2) is 8.29. The molecule has 9 nitrogen and oxygen atoms in total. The van der Waals surface area contributed by atoms with Crippen molar-refractivity contribution < 1.29 is 9.53 Å². The summed E-state index contributed by atoms with van der Waals surface area (Å²) in [6, 6.07) is 12.9. The van der Waals surface area contributed by atoms with E-state index in [1.54, 1.807) is 6.21 Å². The van der Waals surface area contributed by atoms with Gasteiger partial charge in [-0.3, -0.25) is 0 Å². The van der Waals surface area contributed by atoms with Crippen molar-refractivity contribution >= 4 is 46.5 Å². The molecule has 1 atom stereocenters. The first-order valence-electron chi connectivity index (χ1n) is 10.1. The fraction of sp³-hybridized carbons (Fsp3) is 0.273. The number of primary amides is 1. The molecule has 2 aliphatic heterocycles. The number of urea groups is 1. The van der Waals surface area contributed by atoms with Crippen molar-refractivity contribution in [1.82, 2.24) is 4.59 Å². The molecule has 0 aromatic heterocycles. The third kappa shape index (κ3) is 4.18. The van der Waals surface area contributed by atoms with Crippen LogP contribution in [0.4, 0.5) is 27.5 Å². The molecule has 0 radical (unpaired) electrons. The van der Waals surface area contributed by atoms with Crippen LogP contribution in [0.1, 0.15) is 5.56 Å². The molecular weight excluding hydrogens is 394 g/mol. The predicted octanol–water partition coefficient (Wildman–Crippen LogP) is 3.01. The summed E-state index contributed by atoms with van der Waals surface area (Å²) >= 11 is 0. The average molecular weight is 420 g/mol. The number of carbonyl (C=O) groups is 1. The molecule has 0 spiro atoms. The molecule has 2 aliphatic rings. The van der Waals surface area contributed by atoms with Gasteiger partial charge in [0.25, 0.3) is 5.84 Å². The third-order valence-corrected chi connectivity index (χ3v) is 5.48. The number of hydrogen-bond donors (Lipinski definition) is 3. The number of quaternary nitrogens is 1. The number of nitrogens with one attached hydrogen (secondary N) is 2. The molecule has 1 saturated heterocycles. The van der Waals surface area contributed by atoms with Gasteiger partial charge in [0.1, 0.15) is 13.3 Å². The van der Waals surface area contributed by atoms with Crippen molar-refractivity contribution in [2.45, 2.75) is 6.92 Å². The highest BCUT2D eigenvalue weighted by atomic mass is 16.5. The van der Waals surface area contributed by atoms with E-state index in [1.165, 1.54) is 0 Å². The van der Waals surface area contributed by atoms with E-state index in [4.69, 9.17) is 15.9 Å². The third-order valence-electron chi connectivity index (χ3n) is 5.48. The van der Waals surface area contributed by atoms with Gasteiger partial charge in [0.2, 0.25) is 0 Å². The van der Waals surface area contributed by atoms with Crippen LogP contribution in [0.15, 0.2) is 52.6 Å². The van der Waals surface area contributed by atoms with Gasteiger partial charge in [-0.1, -0.05) is 22.8 Å².